The van der Waals surface area contributed by atoms with Gasteiger partial charge in [-0.25, -0.2) is 4.79 Å². The monoisotopic (exact) mass is 257 g/mol. The smallest absolute Gasteiger partial charge is 0.345 e. The van der Waals surface area contributed by atoms with E-state index in [9.17, 15) is 9.59 Å². The highest BCUT2D eigenvalue weighted by molar-refractivity contribution is 7.13. The molecule has 1 amide bonds. The van der Waals surface area contributed by atoms with Gasteiger partial charge in [0.15, 0.2) is 0 Å². The number of thiophene rings is 1. The predicted molar refractivity (Wildman–Crippen MR) is 64.2 cm³/mol. The van der Waals surface area contributed by atoms with Crippen molar-refractivity contribution in [3.05, 3.63) is 21.9 Å². The lowest BCUT2D eigenvalue weighted by atomic mass is 10.4. The summed E-state index contributed by atoms with van der Waals surface area (Å²) >= 11 is 1.16. The molecule has 1 aromatic heterocycles. The number of hydrogen-bond acceptors (Lipinski definition) is 4. The van der Waals surface area contributed by atoms with Crippen molar-refractivity contribution in [2.75, 3.05) is 13.2 Å². The van der Waals surface area contributed by atoms with Gasteiger partial charge in [-0.3, -0.25) is 4.79 Å². The van der Waals surface area contributed by atoms with Crippen LogP contribution in [0.2, 0.25) is 0 Å². The van der Waals surface area contributed by atoms with Crippen LogP contribution in [0.15, 0.2) is 12.1 Å². The van der Waals surface area contributed by atoms with E-state index in [4.69, 9.17) is 9.84 Å². The van der Waals surface area contributed by atoms with E-state index in [-0.39, 0.29) is 17.4 Å². The maximum atomic E-state index is 11.3. The van der Waals surface area contributed by atoms with E-state index in [1.54, 1.807) is 6.07 Å². The number of aromatic carboxylic acids is 1. The van der Waals surface area contributed by atoms with Crippen LogP contribution in [-0.2, 0) is 16.1 Å². The number of nitrogens with one attached hydrogen (secondary N) is 1. The van der Waals surface area contributed by atoms with Crippen LogP contribution in [0.1, 0.15) is 27.9 Å². The SMILES string of the molecule is CCCOCC(=O)NCc1ccc(C(=O)O)s1. The van der Waals surface area contributed by atoms with Crippen molar-refractivity contribution in [1.82, 2.24) is 5.32 Å². The molecule has 1 heterocycles. The van der Waals surface area contributed by atoms with Gasteiger partial charge >= 0.3 is 5.97 Å². The van der Waals surface area contributed by atoms with Gasteiger partial charge in [-0.15, -0.1) is 11.3 Å². The fourth-order valence-corrected chi connectivity index (χ4v) is 1.92. The molecule has 0 aliphatic heterocycles. The van der Waals surface area contributed by atoms with Crippen LogP contribution in [0.25, 0.3) is 0 Å². The summed E-state index contributed by atoms with van der Waals surface area (Å²) in [6.07, 6.45) is 0.875. The third-order valence-corrected chi connectivity index (χ3v) is 2.99. The average molecular weight is 257 g/mol. The minimum atomic E-state index is -0.946. The number of hydrogen-bond donors (Lipinski definition) is 2. The third kappa shape index (κ3) is 4.97. The molecule has 0 spiro atoms. The number of amides is 1. The molecule has 0 bridgehead atoms. The molecular formula is C11H15NO4S. The Kier molecular flexibility index (Phi) is 5.65. The van der Waals surface area contributed by atoms with E-state index in [1.165, 1.54) is 6.07 Å². The van der Waals surface area contributed by atoms with Gasteiger partial charge in [-0.2, -0.15) is 0 Å². The Labute approximate surface area is 103 Å². The Morgan fingerprint density at radius 1 is 1.47 bits per heavy atom. The van der Waals surface area contributed by atoms with Gasteiger partial charge in [0.05, 0.1) is 6.54 Å². The van der Waals surface area contributed by atoms with E-state index in [1.807, 2.05) is 6.92 Å². The van der Waals surface area contributed by atoms with E-state index in [0.717, 1.165) is 22.6 Å². The van der Waals surface area contributed by atoms with Crippen molar-refractivity contribution in [3.63, 3.8) is 0 Å². The van der Waals surface area contributed by atoms with Crippen LogP contribution >= 0.6 is 11.3 Å². The zero-order chi connectivity index (χ0) is 12.7. The summed E-state index contributed by atoms with van der Waals surface area (Å²) in [5, 5.41) is 11.4. The second kappa shape index (κ2) is 7.03. The summed E-state index contributed by atoms with van der Waals surface area (Å²) in [6.45, 7) is 2.92. The lowest BCUT2D eigenvalue weighted by Gasteiger charge is -2.03. The first kappa shape index (κ1) is 13.7. The summed E-state index contributed by atoms with van der Waals surface area (Å²) in [6, 6.07) is 3.23. The largest absolute Gasteiger partial charge is 0.477 e. The fourth-order valence-electron chi connectivity index (χ4n) is 1.13. The van der Waals surface area contributed by atoms with E-state index in [0.29, 0.717) is 13.2 Å². The molecule has 0 aliphatic carbocycles. The maximum absolute atomic E-state index is 11.3. The molecule has 0 saturated carbocycles. The Morgan fingerprint density at radius 2 is 2.24 bits per heavy atom. The zero-order valence-corrected chi connectivity index (χ0v) is 10.4. The highest BCUT2D eigenvalue weighted by Gasteiger charge is 2.07. The normalized spacial score (nSPS) is 10.2. The van der Waals surface area contributed by atoms with E-state index < -0.39 is 5.97 Å². The topological polar surface area (TPSA) is 75.6 Å². The summed E-state index contributed by atoms with van der Waals surface area (Å²) < 4.78 is 5.07. The fraction of sp³-hybridized carbons (Fsp3) is 0.455. The predicted octanol–water partition coefficient (Wildman–Crippen LogP) is 1.49. The molecule has 5 nitrogen and oxygen atoms in total. The van der Waals surface area contributed by atoms with Gasteiger partial charge in [0.2, 0.25) is 5.91 Å². The quantitative estimate of drug-likeness (QED) is 0.726. The van der Waals surface area contributed by atoms with E-state index in [2.05, 4.69) is 5.32 Å². The molecule has 0 aliphatic rings. The summed E-state index contributed by atoms with van der Waals surface area (Å²) in [7, 11) is 0. The number of carboxylic acid groups (broad SMARTS) is 1. The zero-order valence-electron chi connectivity index (χ0n) is 9.56. The number of carbonyl (C=O) groups excluding carboxylic acids is 1. The minimum Gasteiger partial charge on any atom is -0.477 e. The van der Waals surface area contributed by atoms with Gasteiger partial charge in [0, 0.05) is 11.5 Å². The van der Waals surface area contributed by atoms with Crippen molar-refractivity contribution >= 4 is 23.2 Å². The highest BCUT2D eigenvalue weighted by atomic mass is 32.1. The number of carbonyl (C=O) groups is 2. The van der Waals surface area contributed by atoms with Crippen LogP contribution in [0.5, 0.6) is 0 Å². The van der Waals surface area contributed by atoms with Crippen LogP contribution in [0.3, 0.4) is 0 Å². The van der Waals surface area contributed by atoms with Gasteiger partial charge in [-0.1, -0.05) is 6.92 Å². The second-order valence-corrected chi connectivity index (χ2v) is 4.57. The van der Waals surface area contributed by atoms with E-state index >= 15 is 0 Å². The summed E-state index contributed by atoms with van der Waals surface area (Å²) in [4.78, 5) is 23.0. The first-order valence-electron chi connectivity index (χ1n) is 5.30. The van der Waals surface area contributed by atoms with Crippen LogP contribution in [0, 0.1) is 0 Å². The lowest BCUT2D eigenvalue weighted by Crippen LogP contribution is -2.26. The maximum Gasteiger partial charge on any atom is 0.345 e. The average Bonchev–Trinajstić information content (AvgIpc) is 2.75. The Balaban J connectivity index is 2.29. The van der Waals surface area contributed by atoms with Gasteiger partial charge in [0.1, 0.15) is 11.5 Å². The summed E-state index contributed by atoms with van der Waals surface area (Å²) in [5.74, 6) is -1.14. The number of rotatable bonds is 7. The molecule has 1 aromatic rings. The number of ether oxygens (including phenoxy) is 1. The Morgan fingerprint density at radius 3 is 2.82 bits per heavy atom. The first-order valence-corrected chi connectivity index (χ1v) is 6.11. The van der Waals surface area contributed by atoms with Crippen molar-refractivity contribution in [1.29, 1.82) is 0 Å². The second-order valence-electron chi connectivity index (χ2n) is 3.40. The summed E-state index contributed by atoms with van der Waals surface area (Å²) in [5.41, 5.74) is 0. The molecule has 0 aromatic carbocycles. The Bertz CT molecular complexity index is 389. The number of carboxylic acids is 1. The van der Waals surface area contributed by atoms with Crippen LogP contribution in [-0.4, -0.2) is 30.2 Å². The van der Waals surface area contributed by atoms with Crippen LogP contribution < -0.4 is 5.32 Å². The lowest BCUT2D eigenvalue weighted by molar-refractivity contribution is -0.125. The molecule has 94 valence electrons. The van der Waals surface area contributed by atoms with Gasteiger partial charge in [0.25, 0.3) is 0 Å². The first-order chi connectivity index (χ1) is 8.13. The third-order valence-electron chi connectivity index (χ3n) is 1.91. The molecule has 0 atom stereocenters. The van der Waals surface area contributed by atoms with Gasteiger partial charge < -0.3 is 15.2 Å². The van der Waals surface area contributed by atoms with Crippen molar-refractivity contribution < 1.29 is 19.4 Å². The molecule has 17 heavy (non-hydrogen) atoms. The molecule has 2 N–H and O–H groups in total. The van der Waals surface area contributed by atoms with Crippen molar-refractivity contribution in [2.45, 2.75) is 19.9 Å². The highest BCUT2D eigenvalue weighted by Crippen LogP contribution is 2.15. The standard InChI is InChI=1S/C11H15NO4S/c1-2-5-16-7-10(13)12-6-8-3-4-9(17-8)11(14)15/h3-4H,2,5-7H2,1H3,(H,12,13)(H,14,15). The van der Waals surface area contributed by atoms with Gasteiger partial charge in [-0.05, 0) is 18.6 Å². The Hall–Kier alpha value is -1.40. The molecule has 0 unspecified atom stereocenters. The molecule has 0 saturated heterocycles. The van der Waals surface area contributed by atoms with Crippen molar-refractivity contribution in [2.24, 2.45) is 0 Å². The molecule has 6 heteroatoms. The molecule has 0 fully saturated rings. The minimum absolute atomic E-state index is 0.0466. The van der Waals surface area contributed by atoms with Crippen molar-refractivity contribution in [3.8, 4) is 0 Å². The molecular weight excluding hydrogens is 242 g/mol. The van der Waals surface area contributed by atoms with Crippen LogP contribution in [0.4, 0.5) is 0 Å². The molecule has 1 rings (SSSR count). The molecule has 0 radical (unpaired) electrons.